The second-order valence-electron chi connectivity index (χ2n) is 4.54. The van der Waals surface area contributed by atoms with Crippen molar-refractivity contribution in [2.75, 3.05) is 33.9 Å². The molecule has 1 rings (SSSR count). The lowest BCUT2D eigenvalue weighted by atomic mass is 10.1. The zero-order valence-electron chi connectivity index (χ0n) is 12.4. The van der Waals surface area contributed by atoms with Crippen molar-refractivity contribution in [3.8, 4) is 11.8 Å². The quantitative estimate of drug-likeness (QED) is 0.641. The molecule has 4 nitrogen and oxygen atoms in total. The Morgan fingerprint density at radius 1 is 1.48 bits per heavy atom. The molecule has 0 spiro atoms. The van der Waals surface area contributed by atoms with E-state index in [0.717, 1.165) is 0 Å². The Morgan fingerprint density at radius 3 is 2.86 bits per heavy atom. The highest BCUT2D eigenvalue weighted by Crippen LogP contribution is 2.12. The SMILES string of the molecule is COCCCN(C)C(=O)c1ccc(C#CCCO)cc1F. The van der Waals surface area contributed by atoms with Crippen LogP contribution in [0.4, 0.5) is 4.39 Å². The molecular weight excluding hydrogens is 273 g/mol. The fraction of sp³-hybridized carbons (Fsp3) is 0.438. The predicted molar refractivity (Wildman–Crippen MR) is 78.4 cm³/mol. The lowest BCUT2D eigenvalue weighted by Gasteiger charge is -2.17. The van der Waals surface area contributed by atoms with Crippen molar-refractivity contribution < 1.29 is 19.0 Å². The summed E-state index contributed by atoms with van der Waals surface area (Å²) < 4.78 is 18.9. The van der Waals surface area contributed by atoms with E-state index in [2.05, 4.69) is 11.8 Å². The Labute approximate surface area is 124 Å². The second kappa shape index (κ2) is 9.11. The number of methoxy groups -OCH3 is 1. The number of hydrogen-bond acceptors (Lipinski definition) is 3. The van der Waals surface area contributed by atoms with Gasteiger partial charge in [-0.2, -0.15) is 0 Å². The minimum atomic E-state index is -0.589. The number of rotatable bonds is 6. The summed E-state index contributed by atoms with van der Waals surface area (Å²) in [7, 11) is 3.23. The maximum Gasteiger partial charge on any atom is 0.256 e. The molecule has 1 aromatic carbocycles. The van der Waals surface area contributed by atoms with Crippen LogP contribution < -0.4 is 0 Å². The van der Waals surface area contributed by atoms with E-state index >= 15 is 0 Å². The third-order valence-corrected chi connectivity index (χ3v) is 2.86. The molecule has 0 aromatic heterocycles. The Bertz CT molecular complexity index is 534. The highest BCUT2D eigenvalue weighted by atomic mass is 19.1. The Kier molecular flexibility index (Phi) is 7.44. The van der Waals surface area contributed by atoms with Gasteiger partial charge in [0.2, 0.25) is 0 Å². The molecule has 0 aliphatic rings. The van der Waals surface area contributed by atoms with E-state index in [1.165, 1.54) is 17.0 Å². The number of halogens is 1. The van der Waals surface area contributed by atoms with E-state index in [1.807, 2.05) is 0 Å². The first-order valence-corrected chi connectivity index (χ1v) is 6.73. The summed E-state index contributed by atoms with van der Waals surface area (Å²) in [5.74, 6) is 4.49. The second-order valence-corrected chi connectivity index (χ2v) is 4.54. The number of amides is 1. The number of aliphatic hydroxyl groups is 1. The van der Waals surface area contributed by atoms with E-state index in [9.17, 15) is 9.18 Å². The fourth-order valence-corrected chi connectivity index (χ4v) is 1.74. The number of ether oxygens (including phenoxy) is 1. The van der Waals surface area contributed by atoms with E-state index in [-0.39, 0.29) is 18.1 Å². The number of hydrogen-bond donors (Lipinski definition) is 1. The van der Waals surface area contributed by atoms with Crippen LogP contribution in [0.15, 0.2) is 18.2 Å². The van der Waals surface area contributed by atoms with Crippen molar-refractivity contribution in [1.82, 2.24) is 4.90 Å². The van der Waals surface area contributed by atoms with E-state index in [4.69, 9.17) is 9.84 Å². The molecule has 0 bridgehead atoms. The van der Waals surface area contributed by atoms with Crippen molar-refractivity contribution in [2.24, 2.45) is 0 Å². The van der Waals surface area contributed by atoms with Gasteiger partial charge in [-0.15, -0.1) is 0 Å². The summed E-state index contributed by atoms with van der Waals surface area (Å²) in [5, 5.41) is 8.63. The molecule has 0 unspecified atom stereocenters. The monoisotopic (exact) mass is 293 g/mol. The molecule has 1 aromatic rings. The smallest absolute Gasteiger partial charge is 0.256 e. The summed E-state index contributed by atoms with van der Waals surface area (Å²) in [6, 6.07) is 4.28. The number of benzene rings is 1. The summed E-state index contributed by atoms with van der Waals surface area (Å²) in [5.41, 5.74) is 0.516. The third-order valence-electron chi connectivity index (χ3n) is 2.86. The van der Waals surface area contributed by atoms with Crippen molar-refractivity contribution >= 4 is 5.91 Å². The van der Waals surface area contributed by atoms with Gasteiger partial charge < -0.3 is 14.7 Å². The molecule has 0 radical (unpaired) electrons. The largest absolute Gasteiger partial charge is 0.395 e. The van der Waals surface area contributed by atoms with Gasteiger partial charge in [0.05, 0.1) is 12.2 Å². The predicted octanol–water partition coefficient (Wildman–Crippen LogP) is 1.67. The zero-order chi connectivity index (χ0) is 15.7. The third kappa shape index (κ3) is 5.54. The van der Waals surface area contributed by atoms with Crippen LogP contribution in [-0.4, -0.2) is 49.8 Å². The van der Waals surface area contributed by atoms with Gasteiger partial charge in [-0.25, -0.2) is 4.39 Å². The minimum absolute atomic E-state index is 0.0294. The van der Waals surface area contributed by atoms with Crippen LogP contribution in [0, 0.1) is 17.7 Å². The van der Waals surface area contributed by atoms with Crippen molar-refractivity contribution in [3.05, 3.63) is 35.1 Å². The topological polar surface area (TPSA) is 49.8 Å². The van der Waals surface area contributed by atoms with Gasteiger partial charge in [0.1, 0.15) is 5.82 Å². The Morgan fingerprint density at radius 2 is 2.24 bits per heavy atom. The first-order chi connectivity index (χ1) is 10.1. The maximum absolute atomic E-state index is 14.0. The Balaban J connectivity index is 2.75. The molecule has 21 heavy (non-hydrogen) atoms. The van der Waals surface area contributed by atoms with Crippen molar-refractivity contribution in [2.45, 2.75) is 12.8 Å². The van der Waals surface area contributed by atoms with Crippen molar-refractivity contribution in [1.29, 1.82) is 0 Å². The first kappa shape index (κ1) is 17.2. The van der Waals surface area contributed by atoms with Crippen LogP contribution in [0.3, 0.4) is 0 Å². The maximum atomic E-state index is 14.0. The molecule has 0 aliphatic heterocycles. The standard InChI is InChI=1S/C16H20FNO3/c1-18(9-5-11-21-2)16(20)14-8-7-13(12-15(14)17)6-3-4-10-19/h7-8,12,19H,4-5,9-11H2,1-2H3. The number of carbonyl (C=O) groups excluding carboxylic acids is 1. The molecule has 0 fully saturated rings. The molecule has 0 heterocycles. The summed E-state index contributed by atoms with van der Waals surface area (Å²) in [6.45, 7) is 1.03. The molecular formula is C16H20FNO3. The lowest BCUT2D eigenvalue weighted by molar-refractivity contribution is 0.0775. The van der Waals surface area contributed by atoms with Gasteiger partial charge in [-0.3, -0.25) is 4.79 Å². The van der Waals surface area contributed by atoms with Gasteiger partial charge in [-0.1, -0.05) is 11.8 Å². The average Bonchev–Trinajstić information content (AvgIpc) is 2.47. The number of carbonyl (C=O) groups is 1. The number of nitrogens with zero attached hydrogens (tertiary/aromatic N) is 1. The lowest BCUT2D eigenvalue weighted by Crippen LogP contribution is -2.29. The van der Waals surface area contributed by atoms with Crippen molar-refractivity contribution in [3.63, 3.8) is 0 Å². The molecule has 1 N–H and O–H groups in total. The van der Waals surface area contributed by atoms with Crippen LogP contribution in [0.1, 0.15) is 28.8 Å². The van der Waals surface area contributed by atoms with Gasteiger partial charge >= 0.3 is 0 Å². The minimum Gasteiger partial charge on any atom is -0.395 e. The summed E-state index contributed by atoms with van der Waals surface area (Å²) >= 11 is 0. The molecule has 5 heteroatoms. The van der Waals surface area contributed by atoms with E-state index < -0.39 is 5.82 Å². The van der Waals surface area contributed by atoms with Gasteiger partial charge in [0.15, 0.2) is 0 Å². The van der Waals surface area contributed by atoms with Gasteiger partial charge in [0, 0.05) is 39.3 Å². The molecule has 114 valence electrons. The Hall–Kier alpha value is -1.90. The first-order valence-electron chi connectivity index (χ1n) is 6.73. The zero-order valence-corrected chi connectivity index (χ0v) is 12.4. The molecule has 0 saturated heterocycles. The summed E-state index contributed by atoms with van der Waals surface area (Å²) in [6.07, 6.45) is 1.04. The highest BCUT2D eigenvalue weighted by molar-refractivity contribution is 5.94. The normalized spacial score (nSPS) is 9.90. The van der Waals surface area contributed by atoms with Gasteiger partial charge in [-0.05, 0) is 24.6 Å². The highest BCUT2D eigenvalue weighted by Gasteiger charge is 2.15. The van der Waals surface area contributed by atoms with Gasteiger partial charge in [0.25, 0.3) is 5.91 Å². The van der Waals surface area contributed by atoms with E-state index in [0.29, 0.717) is 31.6 Å². The molecule has 1 amide bonds. The van der Waals surface area contributed by atoms with Crippen LogP contribution in [-0.2, 0) is 4.74 Å². The number of aliphatic hydroxyl groups excluding tert-OH is 1. The average molecular weight is 293 g/mol. The van der Waals surface area contributed by atoms with Crippen LogP contribution in [0.2, 0.25) is 0 Å². The molecule has 0 saturated carbocycles. The fourth-order valence-electron chi connectivity index (χ4n) is 1.74. The van der Waals surface area contributed by atoms with Crippen LogP contribution in [0.25, 0.3) is 0 Å². The van der Waals surface area contributed by atoms with E-state index in [1.54, 1.807) is 20.2 Å². The van der Waals surface area contributed by atoms with Crippen LogP contribution >= 0.6 is 0 Å². The van der Waals surface area contributed by atoms with Crippen LogP contribution in [0.5, 0.6) is 0 Å². The molecule has 0 aliphatic carbocycles. The molecule has 0 atom stereocenters. The summed E-state index contributed by atoms with van der Waals surface area (Å²) in [4.78, 5) is 13.6.